The Balaban J connectivity index is 2.01. The fraction of sp³-hybridized carbons (Fsp3) is 0.467. The third-order valence-corrected chi connectivity index (χ3v) is 3.72. The van der Waals surface area contributed by atoms with E-state index in [2.05, 4.69) is 5.32 Å². The smallest absolute Gasteiger partial charge is 0.326 e. The van der Waals surface area contributed by atoms with E-state index in [4.69, 9.17) is 4.74 Å². The summed E-state index contributed by atoms with van der Waals surface area (Å²) in [5.74, 6) is -0.805. The minimum atomic E-state index is -1.01. The SMILES string of the molecule is CC[C@H](C)[C@H](NC(=O)[C@@H]1Cc2ccccc2O1)C(=O)O. The van der Waals surface area contributed by atoms with Crippen molar-refractivity contribution in [2.24, 2.45) is 5.92 Å². The minimum Gasteiger partial charge on any atom is -0.480 e. The number of ether oxygens (including phenoxy) is 1. The van der Waals surface area contributed by atoms with E-state index in [9.17, 15) is 14.7 Å². The van der Waals surface area contributed by atoms with Gasteiger partial charge in [-0.2, -0.15) is 0 Å². The molecule has 0 fully saturated rings. The zero-order valence-electron chi connectivity index (χ0n) is 11.6. The lowest BCUT2D eigenvalue weighted by molar-refractivity contribution is -0.144. The molecule has 2 N–H and O–H groups in total. The largest absolute Gasteiger partial charge is 0.480 e. The van der Waals surface area contributed by atoms with Gasteiger partial charge in [-0.25, -0.2) is 4.79 Å². The number of hydrogen-bond acceptors (Lipinski definition) is 3. The molecule has 1 aliphatic heterocycles. The average Bonchev–Trinajstić information content (AvgIpc) is 2.87. The van der Waals surface area contributed by atoms with Gasteiger partial charge in [0, 0.05) is 6.42 Å². The van der Waals surface area contributed by atoms with Gasteiger partial charge in [-0.1, -0.05) is 38.5 Å². The molecule has 0 bridgehead atoms. The van der Waals surface area contributed by atoms with E-state index < -0.39 is 18.1 Å². The van der Waals surface area contributed by atoms with Crippen molar-refractivity contribution in [3.8, 4) is 5.75 Å². The maximum atomic E-state index is 12.1. The van der Waals surface area contributed by atoms with E-state index in [1.165, 1.54) is 0 Å². The van der Waals surface area contributed by atoms with Crippen molar-refractivity contribution in [3.05, 3.63) is 29.8 Å². The van der Waals surface area contributed by atoms with E-state index in [1.807, 2.05) is 38.1 Å². The van der Waals surface area contributed by atoms with Crippen LogP contribution in [0.25, 0.3) is 0 Å². The number of hydrogen-bond donors (Lipinski definition) is 2. The van der Waals surface area contributed by atoms with E-state index in [0.29, 0.717) is 18.6 Å². The normalized spacial score (nSPS) is 19.6. The lowest BCUT2D eigenvalue weighted by Gasteiger charge is -2.21. The Morgan fingerprint density at radius 1 is 1.45 bits per heavy atom. The van der Waals surface area contributed by atoms with Crippen LogP contribution in [-0.4, -0.2) is 29.1 Å². The van der Waals surface area contributed by atoms with Gasteiger partial charge in [-0.05, 0) is 17.5 Å². The standard InChI is InChI=1S/C15H19NO4/c1-3-9(2)13(15(18)19)16-14(17)12-8-10-6-4-5-7-11(10)20-12/h4-7,9,12-13H,3,8H2,1-2H3,(H,16,17)(H,18,19)/t9-,12-,13-/m0/s1. The van der Waals surface area contributed by atoms with Crippen molar-refractivity contribution < 1.29 is 19.4 Å². The third-order valence-electron chi connectivity index (χ3n) is 3.72. The summed E-state index contributed by atoms with van der Waals surface area (Å²) in [6, 6.07) is 6.58. The summed E-state index contributed by atoms with van der Waals surface area (Å²) in [4.78, 5) is 23.4. The summed E-state index contributed by atoms with van der Waals surface area (Å²) in [5.41, 5.74) is 0.975. The molecular weight excluding hydrogens is 258 g/mol. The minimum absolute atomic E-state index is 0.125. The van der Waals surface area contributed by atoms with Crippen molar-refractivity contribution >= 4 is 11.9 Å². The number of amides is 1. The summed E-state index contributed by atoms with van der Waals surface area (Å²) < 4.78 is 5.56. The Bertz CT molecular complexity index is 489. The molecule has 20 heavy (non-hydrogen) atoms. The monoisotopic (exact) mass is 277 g/mol. The van der Waals surface area contributed by atoms with E-state index in [0.717, 1.165) is 5.56 Å². The van der Waals surface area contributed by atoms with Crippen LogP contribution in [0, 0.1) is 5.92 Å². The van der Waals surface area contributed by atoms with Crippen LogP contribution in [0.5, 0.6) is 5.75 Å². The molecule has 1 amide bonds. The Morgan fingerprint density at radius 3 is 2.75 bits per heavy atom. The molecule has 108 valence electrons. The quantitative estimate of drug-likeness (QED) is 0.857. The van der Waals surface area contributed by atoms with Crippen molar-refractivity contribution in [2.75, 3.05) is 0 Å². The first-order chi connectivity index (χ1) is 9.52. The summed E-state index contributed by atoms with van der Waals surface area (Å²) in [6.07, 6.45) is 0.524. The second kappa shape index (κ2) is 5.94. The molecule has 0 aromatic heterocycles. The lowest BCUT2D eigenvalue weighted by Crippen LogP contribution is -2.49. The van der Waals surface area contributed by atoms with E-state index in [1.54, 1.807) is 0 Å². The summed E-state index contributed by atoms with van der Waals surface area (Å²) in [7, 11) is 0. The lowest BCUT2D eigenvalue weighted by atomic mass is 9.99. The first-order valence-electron chi connectivity index (χ1n) is 6.80. The number of carbonyl (C=O) groups is 2. The van der Waals surface area contributed by atoms with Gasteiger partial charge in [-0.15, -0.1) is 0 Å². The topological polar surface area (TPSA) is 75.6 Å². The number of nitrogens with one attached hydrogen (secondary N) is 1. The van der Waals surface area contributed by atoms with E-state index in [-0.39, 0.29) is 11.8 Å². The molecule has 3 atom stereocenters. The molecule has 1 aromatic carbocycles. The summed E-state index contributed by atoms with van der Waals surface area (Å²) in [5, 5.41) is 11.8. The van der Waals surface area contributed by atoms with Crippen molar-refractivity contribution in [3.63, 3.8) is 0 Å². The van der Waals surface area contributed by atoms with Crippen molar-refractivity contribution in [1.29, 1.82) is 0 Å². The fourth-order valence-corrected chi connectivity index (χ4v) is 2.26. The molecule has 0 saturated carbocycles. The van der Waals surface area contributed by atoms with Crippen LogP contribution in [0.1, 0.15) is 25.8 Å². The van der Waals surface area contributed by atoms with Crippen LogP contribution in [0.15, 0.2) is 24.3 Å². The second-order valence-electron chi connectivity index (χ2n) is 5.13. The van der Waals surface area contributed by atoms with Gasteiger partial charge in [0.15, 0.2) is 6.10 Å². The van der Waals surface area contributed by atoms with Gasteiger partial charge >= 0.3 is 5.97 Å². The molecule has 0 radical (unpaired) electrons. The first kappa shape index (κ1) is 14.4. The molecule has 0 unspecified atom stereocenters. The second-order valence-corrected chi connectivity index (χ2v) is 5.13. The molecule has 0 saturated heterocycles. The highest BCUT2D eigenvalue weighted by Gasteiger charge is 2.33. The molecule has 1 aromatic rings. The number of carbonyl (C=O) groups excluding carboxylic acids is 1. The Morgan fingerprint density at radius 2 is 2.15 bits per heavy atom. The van der Waals surface area contributed by atoms with Gasteiger partial charge < -0.3 is 15.2 Å². The summed E-state index contributed by atoms with van der Waals surface area (Å²) >= 11 is 0. The molecule has 1 aliphatic rings. The zero-order chi connectivity index (χ0) is 14.7. The van der Waals surface area contributed by atoms with E-state index >= 15 is 0 Å². The maximum absolute atomic E-state index is 12.1. The molecular formula is C15H19NO4. The van der Waals surface area contributed by atoms with Gasteiger partial charge in [-0.3, -0.25) is 4.79 Å². The van der Waals surface area contributed by atoms with Crippen LogP contribution in [-0.2, 0) is 16.0 Å². The molecule has 0 aliphatic carbocycles. The van der Waals surface area contributed by atoms with Crippen molar-refractivity contribution in [1.82, 2.24) is 5.32 Å². The number of carboxylic acid groups (broad SMARTS) is 1. The van der Waals surface area contributed by atoms with Crippen LogP contribution >= 0.6 is 0 Å². The average molecular weight is 277 g/mol. The number of para-hydroxylation sites is 1. The van der Waals surface area contributed by atoms with Crippen LogP contribution in [0.3, 0.4) is 0 Å². The van der Waals surface area contributed by atoms with Gasteiger partial charge in [0.1, 0.15) is 11.8 Å². The fourth-order valence-electron chi connectivity index (χ4n) is 2.26. The zero-order valence-corrected chi connectivity index (χ0v) is 11.6. The van der Waals surface area contributed by atoms with Crippen LogP contribution in [0.2, 0.25) is 0 Å². The molecule has 1 heterocycles. The Hall–Kier alpha value is -2.04. The predicted molar refractivity (Wildman–Crippen MR) is 73.6 cm³/mol. The van der Waals surface area contributed by atoms with Gasteiger partial charge in [0.05, 0.1) is 0 Å². The van der Waals surface area contributed by atoms with Gasteiger partial charge in [0.25, 0.3) is 5.91 Å². The van der Waals surface area contributed by atoms with Crippen molar-refractivity contribution in [2.45, 2.75) is 38.8 Å². The van der Waals surface area contributed by atoms with Gasteiger partial charge in [0.2, 0.25) is 0 Å². The highest BCUT2D eigenvalue weighted by molar-refractivity contribution is 5.87. The third kappa shape index (κ3) is 2.92. The molecule has 2 rings (SSSR count). The molecule has 5 heteroatoms. The highest BCUT2D eigenvalue weighted by Crippen LogP contribution is 2.28. The number of aliphatic carboxylic acids is 1. The number of benzene rings is 1. The Kier molecular flexibility index (Phi) is 4.27. The van der Waals surface area contributed by atoms with Crippen LogP contribution in [0.4, 0.5) is 0 Å². The van der Waals surface area contributed by atoms with Crippen LogP contribution < -0.4 is 10.1 Å². The maximum Gasteiger partial charge on any atom is 0.326 e. The number of fused-ring (bicyclic) bond motifs is 1. The molecule has 5 nitrogen and oxygen atoms in total. The first-order valence-corrected chi connectivity index (χ1v) is 6.80. The number of carboxylic acids is 1. The predicted octanol–water partition coefficient (Wildman–Crippen LogP) is 1.61. The molecule has 0 spiro atoms. The number of rotatable bonds is 5. The summed E-state index contributed by atoms with van der Waals surface area (Å²) in [6.45, 7) is 3.71. The Labute approximate surface area is 117 Å². The highest BCUT2D eigenvalue weighted by atomic mass is 16.5.